The van der Waals surface area contributed by atoms with Crippen molar-refractivity contribution in [2.45, 2.75) is 25.6 Å². The van der Waals surface area contributed by atoms with Crippen molar-refractivity contribution in [1.82, 2.24) is 9.97 Å². The summed E-state index contributed by atoms with van der Waals surface area (Å²) in [5.41, 5.74) is 0.305. The quantitative estimate of drug-likeness (QED) is 0.853. The Bertz CT molecular complexity index is 675. The van der Waals surface area contributed by atoms with Gasteiger partial charge in [0.1, 0.15) is 5.82 Å². The summed E-state index contributed by atoms with van der Waals surface area (Å²) in [4.78, 5) is 9.30. The molecule has 3 rings (SSSR count). The number of ether oxygens (including phenoxy) is 1. The van der Waals surface area contributed by atoms with Crippen molar-refractivity contribution in [2.24, 2.45) is 0 Å². The number of benzene rings is 1. The molecule has 1 aromatic heterocycles. The highest BCUT2D eigenvalue weighted by Gasteiger charge is 2.36. The van der Waals surface area contributed by atoms with Gasteiger partial charge in [-0.3, -0.25) is 0 Å². The fourth-order valence-electron chi connectivity index (χ4n) is 2.59. The summed E-state index contributed by atoms with van der Waals surface area (Å²) in [7, 11) is 0. The third-order valence-electron chi connectivity index (χ3n) is 3.73. The van der Waals surface area contributed by atoms with Crippen LogP contribution in [-0.4, -0.2) is 35.8 Å². The molecule has 1 saturated heterocycles. The first-order chi connectivity index (χ1) is 10.5. The van der Waals surface area contributed by atoms with E-state index in [1.54, 1.807) is 24.3 Å². The Hall–Kier alpha value is -1.89. The number of rotatable bonds is 2. The first-order valence-corrected chi connectivity index (χ1v) is 7.19. The lowest BCUT2D eigenvalue weighted by Gasteiger charge is -2.34. The Morgan fingerprint density at radius 1 is 1.27 bits per heavy atom. The van der Waals surface area contributed by atoms with Crippen molar-refractivity contribution in [3.05, 3.63) is 30.1 Å². The zero-order chi connectivity index (χ0) is 15.7. The van der Waals surface area contributed by atoms with Gasteiger partial charge in [0.15, 0.2) is 0 Å². The van der Waals surface area contributed by atoms with Crippen molar-refractivity contribution in [1.29, 1.82) is 0 Å². The summed E-state index contributed by atoms with van der Waals surface area (Å²) < 4.78 is 44.7. The maximum atomic E-state index is 13.0. The first kappa shape index (κ1) is 15.0. The van der Waals surface area contributed by atoms with Crippen LogP contribution in [0.2, 0.25) is 0 Å². The Morgan fingerprint density at radius 2 is 2.05 bits per heavy atom. The van der Waals surface area contributed by atoms with Crippen LogP contribution in [0.25, 0.3) is 10.9 Å². The smallest absolute Gasteiger partial charge is 0.375 e. The van der Waals surface area contributed by atoms with E-state index in [2.05, 4.69) is 9.97 Å². The van der Waals surface area contributed by atoms with E-state index in [1.165, 1.54) is 0 Å². The predicted molar refractivity (Wildman–Crippen MR) is 76.8 cm³/mol. The minimum Gasteiger partial charge on any atom is -0.375 e. The largest absolute Gasteiger partial charge is 0.451 e. The number of alkyl halides is 3. The van der Waals surface area contributed by atoms with Crippen LogP contribution < -0.4 is 4.90 Å². The van der Waals surface area contributed by atoms with Gasteiger partial charge in [0.05, 0.1) is 18.2 Å². The number of hydrogen-bond donors (Lipinski definition) is 0. The highest BCUT2D eigenvalue weighted by atomic mass is 19.4. The van der Waals surface area contributed by atoms with E-state index in [0.717, 1.165) is 6.42 Å². The summed E-state index contributed by atoms with van der Waals surface area (Å²) in [6.45, 7) is 3.54. The van der Waals surface area contributed by atoms with E-state index in [0.29, 0.717) is 36.4 Å². The zero-order valence-electron chi connectivity index (χ0n) is 12.1. The van der Waals surface area contributed by atoms with Gasteiger partial charge in [-0.15, -0.1) is 0 Å². The molecule has 1 unspecified atom stereocenters. The van der Waals surface area contributed by atoms with Crippen molar-refractivity contribution in [3.8, 4) is 0 Å². The van der Waals surface area contributed by atoms with E-state index < -0.39 is 12.0 Å². The summed E-state index contributed by atoms with van der Waals surface area (Å²) in [5, 5.41) is 0.632. The molecular formula is C15H16F3N3O. The molecule has 0 amide bonds. The molecule has 7 heteroatoms. The Morgan fingerprint density at radius 3 is 2.77 bits per heavy atom. The minimum atomic E-state index is -4.56. The van der Waals surface area contributed by atoms with E-state index in [9.17, 15) is 13.2 Å². The molecule has 4 nitrogen and oxygen atoms in total. The molecule has 2 aromatic rings. The van der Waals surface area contributed by atoms with Crippen LogP contribution >= 0.6 is 0 Å². The molecule has 0 aliphatic carbocycles. The molecule has 0 N–H and O–H groups in total. The van der Waals surface area contributed by atoms with Crippen LogP contribution in [0, 0.1) is 0 Å². The van der Waals surface area contributed by atoms with Crippen molar-refractivity contribution in [2.75, 3.05) is 24.6 Å². The van der Waals surface area contributed by atoms with Crippen molar-refractivity contribution < 1.29 is 17.9 Å². The normalized spacial score (nSPS) is 19.6. The third kappa shape index (κ3) is 2.85. The maximum Gasteiger partial charge on any atom is 0.451 e. The lowest BCUT2D eigenvalue weighted by Crippen LogP contribution is -2.43. The molecule has 2 heterocycles. The average Bonchev–Trinajstić information content (AvgIpc) is 2.53. The highest BCUT2D eigenvalue weighted by Crippen LogP contribution is 2.32. The second kappa shape index (κ2) is 5.72. The molecule has 1 aliphatic heterocycles. The number of hydrogen-bond acceptors (Lipinski definition) is 4. The van der Waals surface area contributed by atoms with Gasteiger partial charge in [-0.05, 0) is 18.6 Å². The number of anilines is 1. The Balaban J connectivity index is 2.10. The summed E-state index contributed by atoms with van der Waals surface area (Å²) in [6, 6.07) is 6.78. The Kier molecular flexibility index (Phi) is 3.90. The summed E-state index contributed by atoms with van der Waals surface area (Å²) in [6.07, 6.45) is -3.74. The lowest BCUT2D eigenvalue weighted by molar-refractivity contribution is -0.144. The van der Waals surface area contributed by atoms with Crippen LogP contribution in [0.5, 0.6) is 0 Å². The number of fused-ring (bicyclic) bond motifs is 1. The fraction of sp³-hybridized carbons (Fsp3) is 0.467. The molecule has 0 radical (unpaired) electrons. The van der Waals surface area contributed by atoms with Gasteiger partial charge >= 0.3 is 6.18 Å². The highest BCUT2D eigenvalue weighted by molar-refractivity contribution is 5.89. The molecule has 1 aromatic carbocycles. The van der Waals surface area contributed by atoms with Gasteiger partial charge in [-0.1, -0.05) is 19.1 Å². The fourth-order valence-corrected chi connectivity index (χ4v) is 2.59. The van der Waals surface area contributed by atoms with Gasteiger partial charge in [0.2, 0.25) is 5.82 Å². The third-order valence-corrected chi connectivity index (χ3v) is 3.73. The van der Waals surface area contributed by atoms with Crippen LogP contribution in [-0.2, 0) is 10.9 Å². The predicted octanol–water partition coefficient (Wildman–Crippen LogP) is 3.26. The number of morpholine rings is 1. The Labute approximate surface area is 125 Å². The molecule has 22 heavy (non-hydrogen) atoms. The number of para-hydroxylation sites is 1. The van der Waals surface area contributed by atoms with Gasteiger partial charge < -0.3 is 9.64 Å². The molecule has 1 aliphatic rings. The molecular weight excluding hydrogens is 295 g/mol. The topological polar surface area (TPSA) is 38.2 Å². The first-order valence-electron chi connectivity index (χ1n) is 7.19. The van der Waals surface area contributed by atoms with Crippen LogP contribution in [0.3, 0.4) is 0 Å². The number of halogens is 3. The summed E-state index contributed by atoms with van der Waals surface area (Å²) in [5.74, 6) is -0.764. The van der Waals surface area contributed by atoms with E-state index in [-0.39, 0.29) is 6.10 Å². The van der Waals surface area contributed by atoms with E-state index in [1.807, 2.05) is 11.8 Å². The minimum absolute atomic E-state index is 0.0109. The molecule has 0 saturated carbocycles. The average molecular weight is 311 g/mol. The van der Waals surface area contributed by atoms with Crippen LogP contribution in [0.1, 0.15) is 19.2 Å². The van der Waals surface area contributed by atoms with Gasteiger partial charge in [0.25, 0.3) is 0 Å². The second-order valence-corrected chi connectivity index (χ2v) is 5.23. The molecule has 1 fully saturated rings. The summed E-state index contributed by atoms with van der Waals surface area (Å²) >= 11 is 0. The van der Waals surface area contributed by atoms with Gasteiger partial charge in [0, 0.05) is 18.5 Å². The zero-order valence-corrected chi connectivity index (χ0v) is 12.1. The maximum absolute atomic E-state index is 13.0. The number of nitrogens with zero attached hydrogens (tertiary/aromatic N) is 3. The standard InChI is InChI=1S/C15H16F3N3O/c1-2-10-9-21(7-8-22-10)13-11-5-3-4-6-12(11)19-14(20-13)15(16,17)18/h3-6,10H,2,7-9H2,1H3. The van der Waals surface area contributed by atoms with Gasteiger partial charge in [-0.25, -0.2) is 9.97 Å². The molecule has 0 bridgehead atoms. The SMILES string of the molecule is CCC1CN(c2nc(C(F)(F)F)nc3ccccc23)CCO1. The monoisotopic (exact) mass is 311 g/mol. The molecule has 118 valence electrons. The van der Waals surface area contributed by atoms with Crippen LogP contribution in [0.4, 0.5) is 19.0 Å². The number of aromatic nitrogens is 2. The van der Waals surface area contributed by atoms with Crippen molar-refractivity contribution in [3.63, 3.8) is 0 Å². The molecule has 1 atom stereocenters. The van der Waals surface area contributed by atoms with Crippen LogP contribution in [0.15, 0.2) is 24.3 Å². The van der Waals surface area contributed by atoms with E-state index in [4.69, 9.17) is 4.74 Å². The molecule has 0 spiro atoms. The second-order valence-electron chi connectivity index (χ2n) is 5.23. The lowest BCUT2D eigenvalue weighted by atomic mass is 10.2. The van der Waals surface area contributed by atoms with Gasteiger partial charge in [-0.2, -0.15) is 13.2 Å². The van der Waals surface area contributed by atoms with Crippen molar-refractivity contribution >= 4 is 16.7 Å². The van der Waals surface area contributed by atoms with E-state index >= 15 is 0 Å².